The van der Waals surface area contributed by atoms with Gasteiger partial charge in [0, 0.05) is 13.1 Å². The van der Waals surface area contributed by atoms with E-state index in [-0.39, 0.29) is 17.0 Å². The summed E-state index contributed by atoms with van der Waals surface area (Å²) < 4.78 is 0. The van der Waals surface area contributed by atoms with Gasteiger partial charge in [-0.2, -0.15) is 0 Å². The summed E-state index contributed by atoms with van der Waals surface area (Å²) in [6.07, 6.45) is 0. The Labute approximate surface area is 150 Å². The molecular weight excluding hydrogens is 343 g/mol. The number of hydrogen-bond acceptors (Lipinski definition) is 3. The number of piperazine rings is 1. The van der Waals surface area contributed by atoms with Crippen molar-refractivity contribution >= 4 is 34.2 Å². The lowest BCUT2D eigenvalue weighted by Gasteiger charge is -2.41. The van der Waals surface area contributed by atoms with Gasteiger partial charge >= 0.3 is 0 Å². The summed E-state index contributed by atoms with van der Waals surface area (Å²) in [5.41, 5.74) is 2.59. The van der Waals surface area contributed by atoms with E-state index in [0.29, 0.717) is 6.54 Å². The molecule has 124 valence electrons. The Hall–Kier alpha value is -1.59. The number of rotatable bonds is 3. The van der Waals surface area contributed by atoms with E-state index in [2.05, 4.69) is 27.3 Å². The zero-order valence-electron chi connectivity index (χ0n) is 13.0. The molecule has 1 aliphatic rings. The Morgan fingerprint density at radius 3 is 2.58 bits per heavy atom. The average molecular weight is 361 g/mol. The van der Waals surface area contributed by atoms with Gasteiger partial charge in [-0.3, -0.25) is 10.2 Å². The number of imidazole rings is 1. The van der Waals surface area contributed by atoms with Gasteiger partial charge in [0.15, 0.2) is 0 Å². The van der Waals surface area contributed by atoms with Crippen LogP contribution in [0.15, 0.2) is 54.6 Å². The first-order valence-corrected chi connectivity index (χ1v) is 8.85. The molecule has 3 unspecified atom stereocenters. The number of nitrogens with zero attached hydrogens (tertiary/aromatic N) is 2. The highest BCUT2D eigenvalue weighted by molar-refractivity contribution is 6.29. The number of benzene rings is 2. The third-order valence-electron chi connectivity index (χ3n) is 4.40. The maximum absolute atomic E-state index is 6.62. The summed E-state index contributed by atoms with van der Waals surface area (Å²) in [6.45, 7) is 1.42. The summed E-state index contributed by atoms with van der Waals surface area (Å²) >= 11 is 13.0. The van der Waals surface area contributed by atoms with Gasteiger partial charge in [-0.05, 0) is 17.7 Å². The first-order valence-electron chi connectivity index (χ1n) is 7.98. The number of H-pyrrole nitrogens is 1. The predicted molar refractivity (Wildman–Crippen MR) is 98.1 cm³/mol. The Morgan fingerprint density at radius 2 is 1.79 bits per heavy atom. The topological polar surface area (TPSA) is 44.0 Å². The van der Waals surface area contributed by atoms with Crippen molar-refractivity contribution < 1.29 is 0 Å². The summed E-state index contributed by atoms with van der Waals surface area (Å²) in [5.74, 6) is 0.911. The molecule has 2 N–H and O–H groups in total. The molecule has 3 atom stereocenters. The highest BCUT2D eigenvalue weighted by Gasteiger charge is 2.37. The van der Waals surface area contributed by atoms with Crippen molar-refractivity contribution in [2.24, 2.45) is 0 Å². The van der Waals surface area contributed by atoms with Crippen LogP contribution < -0.4 is 5.32 Å². The van der Waals surface area contributed by atoms with Crippen molar-refractivity contribution in [1.29, 1.82) is 0 Å². The van der Waals surface area contributed by atoms with Gasteiger partial charge in [-0.25, -0.2) is 4.98 Å². The van der Waals surface area contributed by atoms with Crippen molar-refractivity contribution in [1.82, 2.24) is 20.2 Å². The minimum Gasteiger partial charge on any atom is -0.341 e. The van der Waals surface area contributed by atoms with E-state index in [1.165, 1.54) is 5.56 Å². The molecule has 2 aromatic carbocycles. The van der Waals surface area contributed by atoms with Gasteiger partial charge in [0.2, 0.25) is 0 Å². The van der Waals surface area contributed by atoms with Gasteiger partial charge in [0.05, 0.1) is 17.1 Å². The Bertz CT molecular complexity index is 787. The Balaban J connectivity index is 1.68. The molecule has 6 heteroatoms. The molecule has 2 heterocycles. The average Bonchev–Trinajstić information content (AvgIpc) is 3.04. The van der Waals surface area contributed by atoms with E-state index < -0.39 is 0 Å². The number of para-hydroxylation sites is 2. The number of fused-ring (bicyclic) bond motifs is 1. The number of nitrogens with one attached hydrogen (secondary N) is 2. The Morgan fingerprint density at radius 1 is 1.04 bits per heavy atom. The van der Waals surface area contributed by atoms with Crippen LogP contribution >= 0.6 is 23.2 Å². The van der Waals surface area contributed by atoms with Crippen molar-refractivity contribution in [3.05, 3.63) is 66.0 Å². The molecular formula is C18H18Cl2N4. The molecule has 0 radical (unpaired) electrons. The fourth-order valence-electron chi connectivity index (χ4n) is 3.15. The van der Waals surface area contributed by atoms with Crippen LogP contribution in [0, 0.1) is 0 Å². The summed E-state index contributed by atoms with van der Waals surface area (Å²) in [7, 11) is 0. The number of aromatic amines is 1. The highest BCUT2D eigenvalue weighted by atomic mass is 35.5. The molecule has 0 spiro atoms. The minimum absolute atomic E-state index is 0.0371. The van der Waals surface area contributed by atoms with Gasteiger partial charge in [0.1, 0.15) is 16.8 Å². The first kappa shape index (κ1) is 15.9. The number of aromatic nitrogens is 2. The van der Waals surface area contributed by atoms with Crippen LogP contribution in [-0.4, -0.2) is 32.4 Å². The van der Waals surface area contributed by atoms with E-state index in [0.717, 1.165) is 23.4 Å². The molecule has 0 bridgehead atoms. The molecule has 0 amide bonds. The number of hydrogen-bond donors (Lipinski definition) is 2. The van der Waals surface area contributed by atoms with E-state index in [1.807, 2.05) is 42.5 Å². The highest BCUT2D eigenvalue weighted by Crippen LogP contribution is 2.31. The van der Waals surface area contributed by atoms with E-state index >= 15 is 0 Å². The SMILES string of the molecule is ClC1NCC(c2nc3ccccc3[nH]2)N(Cc2ccccc2)C1Cl. The van der Waals surface area contributed by atoms with Crippen LogP contribution in [0.3, 0.4) is 0 Å². The van der Waals surface area contributed by atoms with Crippen LogP contribution in [0.5, 0.6) is 0 Å². The van der Waals surface area contributed by atoms with Crippen molar-refractivity contribution in [2.75, 3.05) is 6.54 Å². The quantitative estimate of drug-likeness (QED) is 0.550. The van der Waals surface area contributed by atoms with Gasteiger partial charge in [-0.15, -0.1) is 23.2 Å². The summed E-state index contributed by atoms with van der Waals surface area (Å²) in [5, 5.41) is 3.27. The maximum Gasteiger partial charge on any atom is 0.126 e. The lowest BCUT2D eigenvalue weighted by atomic mass is 10.1. The third kappa shape index (κ3) is 3.03. The van der Waals surface area contributed by atoms with Crippen LogP contribution in [0.25, 0.3) is 11.0 Å². The molecule has 0 aliphatic carbocycles. The minimum atomic E-state index is -0.321. The molecule has 1 aromatic heterocycles. The summed E-state index contributed by atoms with van der Waals surface area (Å²) in [6, 6.07) is 18.4. The normalized spacial score (nSPS) is 25.2. The molecule has 1 aliphatic heterocycles. The molecule has 4 nitrogen and oxygen atoms in total. The predicted octanol–water partition coefficient (Wildman–Crippen LogP) is 3.84. The maximum atomic E-state index is 6.62. The zero-order chi connectivity index (χ0) is 16.5. The van der Waals surface area contributed by atoms with Crippen molar-refractivity contribution in [2.45, 2.75) is 23.6 Å². The second-order valence-electron chi connectivity index (χ2n) is 6.00. The largest absolute Gasteiger partial charge is 0.341 e. The zero-order valence-corrected chi connectivity index (χ0v) is 14.5. The van der Waals surface area contributed by atoms with Crippen LogP contribution in [-0.2, 0) is 6.54 Å². The molecule has 1 saturated heterocycles. The fraction of sp³-hybridized carbons (Fsp3) is 0.278. The van der Waals surface area contributed by atoms with Crippen molar-refractivity contribution in [3.8, 4) is 0 Å². The van der Waals surface area contributed by atoms with E-state index in [4.69, 9.17) is 28.2 Å². The van der Waals surface area contributed by atoms with Crippen LogP contribution in [0.4, 0.5) is 0 Å². The van der Waals surface area contributed by atoms with Gasteiger partial charge in [-0.1, -0.05) is 42.5 Å². The van der Waals surface area contributed by atoms with Gasteiger partial charge < -0.3 is 4.98 Å². The lowest BCUT2D eigenvalue weighted by molar-refractivity contribution is 0.115. The molecule has 4 rings (SSSR count). The van der Waals surface area contributed by atoms with Crippen LogP contribution in [0.1, 0.15) is 17.4 Å². The number of halogens is 2. The third-order valence-corrected chi connectivity index (χ3v) is 5.42. The van der Waals surface area contributed by atoms with Crippen molar-refractivity contribution in [3.63, 3.8) is 0 Å². The van der Waals surface area contributed by atoms with E-state index in [9.17, 15) is 0 Å². The first-order chi connectivity index (χ1) is 11.7. The lowest BCUT2D eigenvalue weighted by Crippen LogP contribution is -2.54. The van der Waals surface area contributed by atoms with E-state index in [1.54, 1.807) is 0 Å². The summed E-state index contributed by atoms with van der Waals surface area (Å²) in [4.78, 5) is 10.4. The monoisotopic (exact) mass is 360 g/mol. The number of alkyl halides is 2. The standard InChI is InChI=1S/C18H18Cl2N4/c19-16-17(20)24(11-12-6-2-1-3-7-12)15(10-21-16)18-22-13-8-4-5-9-14(13)23-18/h1-9,15-17,21H,10-11H2,(H,22,23). The Kier molecular flexibility index (Phi) is 4.46. The second kappa shape index (κ2) is 6.73. The smallest absolute Gasteiger partial charge is 0.126 e. The molecule has 3 aromatic rings. The fourth-order valence-corrected chi connectivity index (χ4v) is 3.68. The molecule has 1 fully saturated rings. The second-order valence-corrected chi connectivity index (χ2v) is 6.91. The molecule has 0 saturated carbocycles. The van der Waals surface area contributed by atoms with Crippen LogP contribution in [0.2, 0.25) is 0 Å². The van der Waals surface area contributed by atoms with Gasteiger partial charge in [0.25, 0.3) is 0 Å². The molecule has 24 heavy (non-hydrogen) atoms.